The Morgan fingerprint density at radius 3 is 1.67 bits per heavy atom. The van der Waals surface area contributed by atoms with Crippen molar-refractivity contribution in [2.75, 3.05) is 5.32 Å². The quantitative estimate of drug-likeness (QED) is 0.258. The number of fused-ring (bicyclic) bond motifs is 1. The average Bonchev–Trinajstić information content (AvgIpc) is 3.22. The fraction of sp³-hybridized carbons (Fsp3) is 0. The minimum absolute atomic E-state index is 0.432. The highest BCUT2D eigenvalue weighted by molar-refractivity contribution is 7.99. The van der Waals surface area contributed by atoms with Crippen LogP contribution in [0, 0.1) is 0 Å². The molecule has 1 aliphatic heterocycles. The average molecular weight is 484 g/mol. The van der Waals surface area contributed by atoms with Crippen molar-refractivity contribution in [1.82, 2.24) is 0 Å². The van der Waals surface area contributed by atoms with Gasteiger partial charge in [0.1, 0.15) is 0 Å². The fourth-order valence-corrected chi connectivity index (χ4v) is 5.50. The van der Waals surface area contributed by atoms with E-state index >= 15 is 0 Å². The molecule has 3 nitrogen and oxygen atoms in total. The molecule has 0 fully saturated rings. The molecule has 0 saturated carbocycles. The van der Waals surface area contributed by atoms with Gasteiger partial charge in [-0.2, -0.15) is 0 Å². The Bertz CT molecular complexity index is 1580. The maximum atomic E-state index is 13.1. The van der Waals surface area contributed by atoms with E-state index in [0.717, 1.165) is 43.2 Å². The molecule has 0 saturated heterocycles. The maximum absolute atomic E-state index is 13.1. The van der Waals surface area contributed by atoms with Crippen LogP contribution in [0.25, 0.3) is 33.4 Å². The van der Waals surface area contributed by atoms with Crippen molar-refractivity contribution in [3.05, 3.63) is 127 Å². The van der Waals surface area contributed by atoms with Crippen LogP contribution in [-0.2, 0) is 4.79 Å². The summed E-state index contributed by atoms with van der Waals surface area (Å²) < 4.78 is 0. The SMILES string of the molecule is O=C1Nc2cc(-c3ccccc3)c(-c3ccccc3)c(-c3ccc(Sc4ccccc4)cc3)c2C1=O. The second kappa shape index (κ2) is 9.33. The first-order chi connectivity index (χ1) is 17.7. The highest BCUT2D eigenvalue weighted by atomic mass is 32.2. The monoisotopic (exact) mass is 483 g/mol. The van der Waals surface area contributed by atoms with Crippen LogP contribution in [0.5, 0.6) is 0 Å². The first-order valence-electron chi connectivity index (χ1n) is 11.7. The second-order valence-electron chi connectivity index (χ2n) is 8.55. The predicted octanol–water partition coefficient (Wildman–Crippen LogP) is 7.97. The van der Waals surface area contributed by atoms with Gasteiger partial charge in [-0.25, -0.2) is 0 Å². The number of hydrogen-bond acceptors (Lipinski definition) is 3. The summed E-state index contributed by atoms with van der Waals surface area (Å²) in [7, 11) is 0. The van der Waals surface area contributed by atoms with E-state index < -0.39 is 11.7 Å². The van der Waals surface area contributed by atoms with E-state index in [2.05, 4.69) is 41.7 Å². The summed E-state index contributed by atoms with van der Waals surface area (Å²) >= 11 is 1.69. The van der Waals surface area contributed by atoms with Gasteiger partial charge in [-0.1, -0.05) is 103 Å². The molecule has 5 aromatic carbocycles. The normalized spacial score (nSPS) is 12.3. The second-order valence-corrected chi connectivity index (χ2v) is 9.70. The zero-order chi connectivity index (χ0) is 24.5. The molecule has 0 unspecified atom stereocenters. The van der Waals surface area contributed by atoms with Crippen LogP contribution in [0.1, 0.15) is 10.4 Å². The summed E-state index contributed by atoms with van der Waals surface area (Å²) in [5, 5.41) is 2.80. The predicted molar refractivity (Wildman–Crippen MR) is 146 cm³/mol. The zero-order valence-corrected chi connectivity index (χ0v) is 20.1. The molecule has 1 heterocycles. The van der Waals surface area contributed by atoms with Crippen molar-refractivity contribution in [2.24, 2.45) is 0 Å². The van der Waals surface area contributed by atoms with Crippen LogP contribution < -0.4 is 5.32 Å². The van der Waals surface area contributed by atoms with Gasteiger partial charge in [0.25, 0.3) is 11.7 Å². The number of Topliss-reactive ketones (excluding diaryl/α,β-unsaturated/α-hetero) is 1. The minimum atomic E-state index is -0.591. The lowest BCUT2D eigenvalue weighted by atomic mass is 9.83. The molecule has 36 heavy (non-hydrogen) atoms. The van der Waals surface area contributed by atoms with E-state index in [1.54, 1.807) is 11.8 Å². The molecule has 1 N–H and O–H groups in total. The highest BCUT2D eigenvalue weighted by Gasteiger charge is 2.34. The molecule has 0 atom stereocenters. The number of benzene rings is 5. The summed E-state index contributed by atoms with van der Waals surface area (Å²) in [6, 6.07) is 40.5. The van der Waals surface area contributed by atoms with Gasteiger partial charge in [0, 0.05) is 15.4 Å². The number of rotatable bonds is 5. The molecule has 6 rings (SSSR count). The molecule has 5 aromatic rings. The molecule has 172 valence electrons. The number of carbonyl (C=O) groups excluding carboxylic acids is 2. The van der Waals surface area contributed by atoms with Crippen molar-refractivity contribution < 1.29 is 9.59 Å². The molecular formula is C32H21NO2S. The summed E-state index contributed by atoms with van der Waals surface area (Å²) in [6.45, 7) is 0. The minimum Gasteiger partial charge on any atom is -0.318 e. The van der Waals surface area contributed by atoms with Crippen molar-refractivity contribution in [2.45, 2.75) is 9.79 Å². The number of amides is 1. The van der Waals surface area contributed by atoms with Gasteiger partial charge in [-0.3, -0.25) is 9.59 Å². The van der Waals surface area contributed by atoms with Gasteiger partial charge in [0.15, 0.2) is 0 Å². The Hall–Kier alpha value is -4.41. The van der Waals surface area contributed by atoms with Crippen LogP contribution in [0.4, 0.5) is 5.69 Å². The molecular weight excluding hydrogens is 462 g/mol. The molecule has 0 aromatic heterocycles. The lowest BCUT2D eigenvalue weighted by Gasteiger charge is -2.19. The van der Waals surface area contributed by atoms with E-state index in [0.29, 0.717) is 11.3 Å². The van der Waals surface area contributed by atoms with Crippen LogP contribution >= 0.6 is 11.8 Å². The fourth-order valence-electron chi connectivity index (χ4n) is 4.66. The van der Waals surface area contributed by atoms with Crippen LogP contribution in [0.15, 0.2) is 131 Å². The van der Waals surface area contributed by atoms with Gasteiger partial charge >= 0.3 is 0 Å². The van der Waals surface area contributed by atoms with Crippen LogP contribution in [0.2, 0.25) is 0 Å². The molecule has 0 spiro atoms. The largest absolute Gasteiger partial charge is 0.318 e. The van der Waals surface area contributed by atoms with E-state index in [9.17, 15) is 9.59 Å². The number of anilines is 1. The van der Waals surface area contributed by atoms with Crippen molar-refractivity contribution >= 4 is 29.1 Å². The highest BCUT2D eigenvalue weighted by Crippen LogP contribution is 2.47. The standard InChI is InChI=1S/C32H21NO2S/c34-31-30-27(33-32(31)35)20-26(21-10-4-1-5-11-21)28(22-12-6-2-7-13-22)29(30)23-16-18-25(19-17-23)36-24-14-8-3-9-15-24/h1-20H,(H,33,34,35). The number of nitrogens with one attached hydrogen (secondary N) is 1. The Morgan fingerprint density at radius 1 is 0.500 bits per heavy atom. The maximum Gasteiger partial charge on any atom is 0.296 e. The third kappa shape index (κ3) is 4.02. The number of ketones is 1. The summed E-state index contributed by atoms with van der Waals surface area (Å²) in [5.74, 6) is -1.09. The molecule has 0 aliphatic carbocycles. The van der Waals surface area contributed by atoms with Gasteiger partial charge < -0.3 is 5.32 Å². The first kappa shape index (κ1) is 22.1. The first-order valence-corrected chi connectivity index (χ1v) is 12.5. The van der Waals surface area contributed by atoms with E-state index in [1.807, 2.05) is 84.9 Å². The summed E-state index contributed by atoms with van der Waals surface area (Å²) in [6.07, 6.45) is 0. The van der Waals surface area contributed by atoms with Gasteiger partial charge in [0.2, 0.25) is 0 Å². The lowest BCUT2D eigenvalue weighted by Crippen LogP contribution is -2.13. The smallest absolute Gasteiger partial charge is 0.296 e. The number of carbonyl (C=O) groups is 2. The number of hydrogen-bond donors (Lipinski definition) is 1. The van der Waals surface area contributed by atoms with Gasteiger partial charge in [0.05, 0.1) is 11.3 Å². The van der Waals surface area contributed by atoms with Crippen molar-refractivity contribution in [1.29, 1.82) is 0 Å². The van der Waals surface area contributed by atoms with E-state index in [4.69, 9.17) is 0 Å². The van der Waals surface area contributed by atoms with E-state index in [1.165, 1.54) is 0 Å². The van der Waals surface area contributed by atoms with Crippen LogP contribution in [-0.4, -0.2) is 11.7 Å². The van der Waals surface area contributed by atoms with Gasteiger partial charge in [-0.15, -0.1) is 0 Å². The third-order valence-corrected chi connectivity index (χ3v) is 7.29. The molecule has 0 bridgehead atoms. The summed E-state index contributed by atoms with van der Waals surface area (Å²) in [5.41, 5.74) is 6.57. The molecule has 1 amide bonds. The summed E-state index contributed by atoms with van der Waals surface area (Å²) in [4.78, 5) is 27.9. The van der Waals surface area contributed by atoms with Crippen molar-refractivity contribution in [3.8, 4) is 33.4 Å². The van der Waals surface area contributed by atoms with Crippen LogP contribution in [0.3, 0.4) is 0 Å². The third-order valence-electron chi connectivity index (χ3n) is 6.28. The Balaban J connectivity index is 1.59. The zero-order valence-electron chi connectivity index (χ0n) is 19.3. The lowest BCUT2D eigenvalue weighted by molar-refractivity contribution is -0.112. The van der Waals surface area contributed by atoms with E-state index in [-0.39, 0.29) is 0 Å². The Kier molecular flexibility index (Phi) is 5.72. The van der Waals surface area contributed by atoms with Crippen molar-refractivity contribution in [3.63, 3.8) is 0 Å². The Morgan fingerprint density at radius 2 is 1.03 bits per heavy atom. The Labute approximate surface area is 213 Å². The van der Waals surface area contributed by atoms with Gasteiger partial charge in [-0.05, 0) is 58.1 Å². The molecule has 4 heteroatoms. The topological polar surface area (TPSA) is 46.2 Å². The molecule has 0 radical (unpaired) electrons. The molecule has 1 aliphatic rings.